The Hall–Kier alpha value is -3.22. The number of carbonyl (C=O) groups excluding carboxylic acids is 2. The van der Waals surface area contributed by atoms with Crippen molar-refractivity contribution < 1.29 is 19.2 Å². The SMILES string of the molecule is Cc1ccc(C(=O)[C@H](C)OC(=O)c2ccc(N3CCCCC3)c([N+](=O)[O-])c2)cc1. The number of esters is 1. The topological polar surface area (TPSA) is 89.8 Å². The number of aryl methyl sites for hydroxylation is 1. The van der Waals surface area contributed by atoms with Gasteiger partial charge in [-0.05, 0) is 45.2 Å². The van der Waals surface area contributed by atoms with Crippen LogP contribution in [0, 0.1) is 17.0 Å². The van der Waals surface area contributed by atoms with Crippen molar-refractivity contribution in [2.24, 2.45) is 0 Å². The largest absolute Gasteiger partial charge is 0.451 e. The summed E-state index contributed by atoms with van der Waals surface area (Å²) in [5.74, 6) is -1.08. The van der Waals surface area contributed by atoms with Crippen LogP contribution in [0.2, 0.25) is 0 Å². The van der Waals surface area contributed by atoms with E-state index < -0.39 is 17.0 Å². The third-order valence-electron chi connectivity index (χ3n) is 5.09. The van der Waals surface area contributed by atoms with Gasteiger partial charge in [-0.3, -0.25) is 14.9 Å². The molecule has 1 aliphatic rings. The van der Waals surface area contributed by atoms with Crippen molar-refractivity contribution in [3.05, 3.63) is 69.3 Å². The summed E-state index contributed by atoms with van der Waals surface area (Å²) in [5, 5.41) is 11.6. The van der Waals surface area contributed by atoms with Gasteiger partial charge >= 0.3 is 5.97 Å². The number of hydrogen-bond acceptors (Lipinski definition) is 6. The Balaban J connectivity index is 1.76. The van der Waals surface area contributed by atoms with Crippen molar-refractivity contribution in [1.29, 1.82) is 0 Å². The first-order valence-corrected chi connectivity index (χ1v) is 9.72. The first kappa shape index (κ1) is 20.5. The van der Waals surface area contributed by atoms with Crippen LogP contribution in [0.1, 0.15) is 52.5 Å². The van der Waals surface area contributed by atoms with Crippen molar-refractivity contribution in [2.75, 3.05) is 18.0 Å². The number of nitro groups is 1. The Morgan fingerprint density at radius 3 is 2.28 bits per heavy atom. The van der Waals surface area contributed by atoms with Gasteiger partial charge in [0.05, 0.1) is 10.5 Å². The molecule has 0 amide bonds. The molecule has 7 heteroatoms. The quantitative estimate of drug-likeness (QED) is 0.313. The number of benzene rings is 2. The van der Waals surface area contributed by atoms with Crippen LogP contribution >= 0.6 is 0 Å². The van der Waals surface area contributed by atoms with Crippen LogP contribution < -0.4 is 4.90 Å². The van der Waals surface area contributed by atoms with Crippen molar-refractivity contribution in [2.45, 2.75) is 39.2 Å². The number of nitro benzene ring substituents is 1. The first-order valence-electron chi connectivity index (χ1n) is 9.72. The summed E-state index contributed by atoms with van der Waals surface area (Å²) in [5.41, 5.74) is 1.91. The molecule has 2 aromatic carbocycles. The smallest absolute Gasteiger partial charge is 0.339 e. The van der Waals surface area contributed by atoms with Crippen LogP contribution in [-0.2, 0) is 4.74 Å². The summed E-state index contributed by atoms with van der Waals surface area (Å²) in [7, 11) is 0. The Kier molecular flexibility index (Phi) is 6.26. The van der Waals surface area contributed by atoms with Crippen LogP contribution in [0.3, 0.4) is 0 Å². The van der Waals surface area contributed by atoms with Crippen molar-refractivity contribution >= 4 is 23.1 Å². The van der Waals surface area contributed by atoms with Gasteiger partial charge in [0.1, 0.15) is 5.69 Å². The van der Waals surface area contributed by atoms with E-state index >= 15 is 0 Å². The number of carbonyl (C=O) groups is 2. The van der Waals surface area contributed by atoms with Gasteiger partial charge in [0, 0.05) is 24.7 Å². The Morgan fingerprint density at radius 1 is 1.03 bits per heavy atom. The average Bonchev–Trinajstić information content (AvgIpc) is 2.73. The van der Waals surface area contributed by atoms with Crippen LogP contribution in [-0.4, -0.2) is 35.9 Å². The second-order valence-electron chi connectivity index (χ2n) is 7.29. The minimum Gasteiger partial charge on any atom is -0.451 e. The number of hydrogen-bond donors (Lipinski definition) is 0. The molecule has 1 heterocycles. The highest BCUT2D eigenvalue weighted by Crippen LogP contribution is 2.31. The van der Waals surface area contributed by atoms with E-state index in [0.29, 0.717) is 11.3 Å². The zero-order chi connectivity index (χ0) is 21.0. The van der Waals surface area contributed by atoms with Crippen LogP contribution in [0.15, 0.2) is 42.5 Å². The lowest BCUT2D eigenvalue weighted by Crippen LogP contribution is -2.30. The van der Waals surface area contributed by atoms with Crippen molar-refractivity contribution in [3.8, 4) is 0 Å². The molecule has 0 N–H and O–H groups in total. The number of anilines is 1. The maximum absolute atomic E-state index is 12.5. The van der Waals surface area contributed by atoms with Gasteiger partial charge in [0.15, 0.2) is 6.10 Å². The molecule has 0 spiro atoms. The molecule has 152 valence electrons. The highest BCUT2D eigenvalue weighted by atomic mass is 16.6. The van der Waals surface area contributed by atoms with E-state index in [1.165, 1.54) is 19.1 Å². The van der Waals surface area contributed by atoms with Gasteiger partial charge in [-0.15, -0.1) is 0 Å². The van der Waals surface area contributed by atoms with E-state index in [1.54, 1.807) is 18.2 Å². The van der Waals surface area contributed by atoms with E-state index in [2.05, 4.69) is 0 Å². The minimum atomic E-state index is -0.994. The van der Waals surface area contributed by atoms with Gasteiger partial charge < -0.3 is 9.64 Å². The number of ether oxygens (including phenoxy) is 1. The number of nitrogens with zero attached hydrogens (tertiary/aromatic N) is 2. The fourth-order valence-corrected chi connectivity index (χ4v) is 3.43. The van der Waals surface area contributed by atoms with E-state index in [-0.39, 0.29) is 17.0 Å². The summed E-state index contributed by atoms with van der Waals surface area (Å²) in [6.45, 7) is 4.92. The summed E-state index contributed by atoms with van der Waals surface area (Å²) in [6, 6.07) is 11.3. The maximum Gasteiger partial charge on any atom is 0.339 e. The van der Waals surface area contributed by atoms with Gasteiger partial charge in [-0.1, -0.05) is 29.8 Å². The molecule has 1 saturated heterocycles. The van der Waals surface area contributed by atoms with Gasteiger partial charge in [0.25, 0.3) is 5.69 Å². The maximum atomic E-state index is 12.5. The molecule has 0 aliphatic carbocycles. The van der Waals surface area contributed by atoms with Crippen LogP contribution in [0.4, 0.5) is 11.4 Å². The highest BCUT2D eigenvalue weighted by molar-refractivity contribution is 6.01. The molecule has 3 rings (SSSR count). The molecule has 0 radical (unpaired) electrons. The number of piperidine rings is 1. The molecule has 2 aromatic rings. The average molecular weight is 396 g/mol. The monoisotopic (exact) mass is 396 g/mol. The lowest BCUT2D eigenvalue weighted by molar-refractivity contribution is -0.384. The summed E-state index contributed by atoms with van der Waals surface area (Å²) < 4.78 is 5.28. The molecule has 1 atom stereocenters. The molecular weight excluding hydrogens is 372 g/mol. The Morgan fingerprint density at radius 2 is 1.66 bits per heavy atom. The standard InChI is InChI=1S/C22H24N2O5/c1-15-6-8-17(9-7-15)21(25)16(2)29-22(26)18-10-11-19(20(14-18)24(27)28)23-12-4-3-5-13-23/h6-11,14,16H,3-5,12-13H2,1-2H3/t16-/m0/s1. The molecule has 7 nitrogen and oxygen atoms in total. The highest BCUT2D eigenvalue weighted by Gasteiger charge is 2.25. The molecular formula is C22H24N2O5. The molecule has 0 unspecified atom stereocenters. The molecule has 1 aliphatic heterocycles. The zero-order valence-electron chi connectivity index (χ0n) is 16.6. The van der Waals surface area contributed by atoms with Gasteiger partial charge in [0.2, 0.25) is 5.78 Å². The number of rotatable bonds is 6. The molecule has 0 bridgehead atoms. The molecule has 1 fully saturated rings. The minimum absolute atomic E-state index is 0.0565. The second kappa shape index (κ2) is 8.86. The van der Waals surface area contributed by atoms with Gasteiger partial charge in [-0.2, -0.15) is 0 Å². The fourth-order valence-electron chi connectivity index (χ4n) is 3.43. The zero-order valence-corrected chi connectivity index (χ0v) is 16.6. The molecule has 0 aromatic heterocycles. The first-order chi connectivity index (χ1) is 13.9. The Bertz CT molecular complexity index is 917. The lowest BCUT2D eigenvalue weighted by atomic mass is 10.1. The predicted molar refractivity (Wildman–Crippen MR) is 110 cm³/mol. The summed E-state index contributed by atoms with van der Waals surface area (Å²) >= 11 is 0. The number of Topliss-reactive ketones (excluding diaryl/α,β-unsaturated/α-hetero) is 1. The van der Waals surface area contributed by atoms with E-state index in [0.717, 1.165) is 37.9 Å². The van der Waals surface area contributed by atoms with Crippen molar-refractivity contribution in [3.63, 3.8) is 0 Å². The van der Waals surface area contributed by atoms with E-state index in [4.69, 9.17) is 4.74 Å². The van der Waals surface area contributed by atoms with Crippen molar-refractivity contribution in [1.82, 2.24) is 0 Å². The predicted octanol–water partition coefficient (Wildman–Crippen LogP) is 4.32. The lowest BCUT2D eigenvalue weighted by Gasteiger charge is -2.28. The normalized spacial score (nSPS) is 14.9. The Labute approximate surface area is 169 Å². The summed E-state index contributed by atoms with van der Waals surface area (Å²) in [6.07, 6.45) is 2.09. The second-order valence-corrected chi connectivity index (χ2v) is 7.29. The summed E-state index contributed by atoms with van der Waals surface area (Å²) in [4.78, 5) is 38.0. The van der Waals surface area contributed by atoms with Gasteiger partial charge in [-0.25, -0.2) is 4.79 Å². The molecule has 29 heavy (non-hydrogen) atoms. The molecule has 0 saturated carbocycles. The van der Waals surface area contributed by atoms with E-state index in [1.807, 2.05) is 24.0 Å². The van der Waals surface area contributed by atoms with E-state index in [9.17, 15) is 19.7 Å². The van der Waals surface area contributed by atoms with Crippen LogP contribution in [0.5, 0.6) is 0 Å². The number of ketones is 1. The van der Waals surface area contributed by atoms with Crippen LogP contribution in [0.25, 0.3) is 0 Å². The fraction of sp³-hybridized carbons (Fsp3) is 0.364. The third-order valence-corrected chi connectivity index (χ3v) is 5.09. The third kappa shape index (κ3) is 4.80.